The zero-order valence-corrected chi connectivity index (χ0v) is 12.6. The molecular weight excluding hydrogens is 272 g/mol. The predicted octanol–water partition coefficient (Wildman–Crippen LogP) is 4.39. The summed E-state index contributed by atoms with van der Waals surface area (Å²) in [5, 5.41) is 0.536. The maximum absolute atomic E-state index is 12.4. The van der Waals surface area contributed by atoms with Gasteiger partial charge in [0.05, 0.1) is 12.7 Å². The zero-order valence-electron chi connectivity index (χ0n) is 11.9. The van der Waals surface area contributed by atoms with Crippen molar-refractivity contribution >= 4 is 17.4 Å². The fraction of sp³-hybridized carbons (Fsp3) is 0.235. The lowest BCUT2D eigenvalue weighted by atomic mass is 9.99. The number of halogens is 1. The molecule has 0 unspecified atom stereocenters. The number of hydrogen-bond donors (Lipinski definition) is 0. The number of carbonyl (C=O) groups excluding carboxylic acids is 1. The summed E-state index contributed by atoms with van der Waals surface area (Å²) in [6.07, 6.45) is 0.345. The van der Waals surface area contributed by atoms with E-state index in [1.54, 1.807) is 25.3 Å². The first kappa shape index (κ1) is 14.6. The van der Waals surface area contributed by atoms with Gasteiger partial charge in [-0.05, 0) is 48.7 Å². The second-order valence-electron chi connectivity index (χ2n) is 4.86. The number of methoxy groups -OCH3 is 1. The molecule has 2 aromatic rings. The Morgan fingerprint density at radius 3 is 2.50 bits per heavy atom. The molecule has 0 heterocycles. The number of hydrogen-bond acceptors (Lipinski definition) is 2. The molecule has 0 saturated heterocycles. The van der Waals surface area contributed by atoms with Gasteiger partial charge in [-0.1, -0.05) is 29.8 Å². The van der Waals surface area contributed by atoms with Crippen LogP contribution in [0.4, 0.5) is 0 Å². The van der Waals surface area contributed by atoms with Crippen LogP contribution in [0.15, 0.2) is 36.4 Å². The standard InChI is InChI=1S/C17H17ClO2/c1-11-4-5-13(8-12(11)2)9-16(19)15-10-14(18)6-7-17(15)20-3/h4-8,10H,9H2,1-3H3. The predicted molar refractivity (Wildman–Crippen MR) is 82.0 cm³/mol. The van der Waals surface area contributed by atoms with Crippen LogP contribution in [0.25, 0.3) is 0 Å². The van der Waals surface area contributed by atoms with Crippen LogP contribution in [0, 0.1) is 13.8 Å². The Hall–Kier alpha value is -1.80. The van der Waals surface area contributed by atoms with Crippen molar-refractivity contribution in [3.05, 3.63) is 63.7 Å². The largest absolute Gasteiger partial charge is 0.496 e. The Morgan fingerprint density at radius 1 is 1.10 bits per heavy atom. The molecule has 0 spiro atoms. The molecule has 0 saturated carbocycles. The highest BCUT2D eigenvalue weighted by Gasteiger charge is 2.13. The molecule has 0 atom stereocenters. The average molecular weight is 289 g/mol. The molecule has 104 valence electrons. The fourth-order valence-electron chi connectivity index (χ4n) is 2.09. The lowest BCUT2D eigenvalue weighted by Crippen LogP contribution is -2.06. The quantitative estimate of drug-likeness (QED) is 0.780. The molecule has 0 radical (unpaired) electrons. The normalized spacial score (nSPS) is 10.4. The molecule has 0 bridgehead atoms. The van der Waals surface area contributed by atoms with E-state index < -0.39 is 0 Å². The molecule has 2 nitrogen and oxygen atoms in total. The summed E-state index contributed by atoms with van der Waals surface area (Å²) in [7, 11) is 1.55. The summed E-state index contributed by atoms with van der Waals surface area (Å²) in [5.41, 5.74) is 3.94. The van der Waals surface area contributed by atoms with Gasteiger partial charge in [0, 0.05) is 11.4 Å². The molecule has 0 amide bonds. The lowest BCUT2D eigenvalue weighted by Gasteiger charge is -2.09. The van der Waals surface area contributed by atoms with Crippen molar-refractivity contribution in [2.45, 2.75) is 20.3 Å². The van der Waals surface area contributed by atoms with Crippen molar-refractivity contribution in [3.8, 4) is 5.75 Å². The third-order valence-corrected chi connectivity index (χ3v) is 3.63. The molecule has 0 aliphatic rings. The first-order chi connectivity index (χ1) is 9.51. The van der Waals surface area contributed by atoms with Gasteiger partial charge < -0.3 is 4.74 Å². The van der Waals surface area contributed by atoms with Crippen molar-refractivity contribution < 1.29 is 9.53 Å². The zero-order chi connectivity index (χ0) is 14.7. The third-order valence-electron chi connectivity index (χ3n) is 3.40. The van der Waals surface area contributed by atoms with Crippen LogP contribution in [0.5, 0.6) is 5.75 Å². The number of rotatable bonds is 4. The fourth-order valence-corrected chi connectivity index (χ4v) is 2.26. The molecule has 0 fully saturated rings. The molecule has 0 aliphatic heterocycles. The van der Waals surface area contributed by atoms with Crippen LogP contribution < -0.4 is 4.74 Å². The smallest absolute Gasteiger partial charge is 0.171 e. The van der Waals surface area contributed by atoms with Gasteiger partial charge >= 0.3 is 0 Å². The van der Waals surface area contributed by atoms with E-state index in [4.69, 9.17) is 16.3 Å². The maximum atomic E-state index is 12.4. The number of carbonyl (C=O) groups is 1. The van der Waals surface area contributed by atoms with Gasteiger partial charge in [-0.25, -0.2) is 0 Å². The van der Waals surface area contributed by atoms with Gasteiger partial charge in [0.25, 0.3) is 0 Å². The van der Waals surface area contributed by atoms with Gasteiger partial charge in [-0.3, -0.25) is 4.79 Å². The van der Waals surface area contributed by atoms with Crippen molar-refractivity contribution in [1.82, 2.24) is 0 Å². The van der Waals surface area contributed by atoms with Crippen LogP contribution in [-0.4, -0.2) is 12.9 Å². The number of benzene rings is 2. The maximum Gasteiger partial charge on any atom is 0.171 e. The van der Waals surface area contributed by atoms with Crippen molar-refractivity contribution in [2.24, 2.45) is 0 Å². The van der Waals surface area contributed by atoms with E-state index in [1.807, 2.05) is 25.1 Å². The summed E-state index contributed by atoms with van der Waals surface area (Å²) in [5.74, 6) is 0.566. The molecule has 0 N–H and O–H groups in total. The number of ketones is 1. The monoisotopic (exact) mass is 288 g/mol. The molecule has 0 aromatic heterocycles. The number of ether oxygens (including phenoxy) is 1. The van der Waals surface area contributed by atoms with Gasteiger partial charge in [0.15, 0.2) is 5.78 Å². The average Bonchev–Trinajstić information content (AvgIpc) is 2.43. The minimum Gasteiger partial charge on any atom is -0.496 e. The minimum absolute atomic E-state index is 0.00704. The molecule has 2 rings (SSSR count). The highest BCUT2D eigenvalue weighted by Crippen LogP contribution is 2.24. The van der Waals surface area contributed by atoms with Crippen LogP contribution in [0.1, 0.15) is 27.0 Å². The Bertz CT molecular complexity index is 647. The Kier molecular flexibility index (Phi) is 4.46. The van der Waals surface area contributed by atoms with E-state index in [2.05, 4.69) is 6.92 Å². The Labute approximate surface area is 124 Å². The summed E-state index contributed by atoms with van der Waals surface area (Å²) in [4.78, 5) is 12.4. The summed E-state index contributed by atoms with van der Waals surface area (Å²) >= 11 is 5.96. The first-order valence-corrected chi connectivity index (χ1v) is 6.82. The summed E-state index contributed by atoms with van der Waals surface area (Å²) in [6.45, 7) is 4.10. The van der Waals surface area contributed by atoms with E-state index in [0.717, 1.165) is 5.56 Å². The van der Waals surface area contributed by atoms with Gasteiger partial charge in [-0.15, -0.1) is 0 Å². The van der Waals surface area contributed by atoms with Gasteiger partial charge in [0.2, 0.25) is 0 Å². The van der Waals surface area contributed by atoms with Gasteiger partial charge in [0.1, 0.15) is 5.75 Å². The highest BCUT2D eigenvalue weighted by atomic mass is 35.5. The van der Waals surface area contributed by atoms with Crippen LogP contribution in [0.2, 0.25) is 5.02 Å². The lowest BCUT2D eigenvalue weighted by molar-refractivity contribution is 0.0990. The Morgan fingerprint density at radius 2 is 1.85 bits per heavy atom. The van der Waals surface area contributed by atoms with Crippen molar-refractivity contribution in [3.63, 3.8) is 0 Å². The topological polar surface area (TPSA) is 26.3 Å². The molecular formula is C17H17ClO2. The SMILES string of the molecule is COc1ccc(Cl)cc1C(=O)Cc1ccc(C)c(C)c1. The van der Waals surface area contributed by atoms with Crippen LogP contribution >= 0.6 is 11.6 Å². The molecule has 20 heavy (non-hydrogen) atoms. The summed E-state index contributed by atoms with van der Waals surface area (Å²) < 4.78 is 5.22. The molecule has 0 aliphatic carbocycles. The molecule has 3 heteroatoms. The first-order valence-electron chi connectivity index (χ1n) is 6.44. The van der Waals surface area contributed by atoms with E-state index in [1.165, 1.54) is 11.1 Å². The highest BCUT2D eigenvalue weighted by molar-refractivity contribution is 6.31. The second-order valence-corrected chi connectivity index (χ2v) is 5.30. The van der Waals surface area contributed by atoms with Crippen molar-refractivity contribution in [2.75, 3.05) is 7.11 Å². The minimum atomic E-state index is 0.00704. The number of aryl methyl sites for hydroxylation is 2. The van der Waals surface area contributed by atoms with E-state index in [0.29, 0.717) is 22.8 Å². The Balaban J connectivity index is 2.27. The van der Waals surface area contributed by atoms with E-state index in [9.17, 15) is 4.79 Å². The van der Waals surface area contributed by atoms with Crippen LogP contribution in [0.3, 0.4) is 0 Å². The van der Waals surface area contributed by atoms with E-state index in [-0.39, 0.29) is 5.78 Å². The van der Waals surface area contributed by atoms with Crippen molar-refractivity contribution in [1.29, 1.82) is 0 Å². The third kappa shape index (κ3) is 3.20. The van der Waals surface area contributed by atoms with Crippen LogP contribution in [-0.2, 0) is 6.42 Å². The summed E-state index contributed by atoms with van der Waals surface area (Å²) in [6, 6.07) is 11.2. The van der Waals surface area contributed by atoms with E-state index >= 15 is 0 Å². The number of Topliss-reactive ketones (excluding diaryl/α,β-unsaturated/α-hetero) is 1. The van der Waals surface area contributed by atoms with Gasteiger partial charge in [-0.2, -0.15) is 0 Å². The second kappa shape index (κ2) is 6.10. The molecule has 2 aromatic carbocycles.